The van der Waals surface area contributed by atoms with Gasteiger partial charge in [-0.2, -0.15) is 0 Å². The number of carbonyl (C=O) groups is 1. The maximum Gasteiger partial charge on any atom is 0.226 e. The Morgan fingerprint density at radius 1 is 1.21 bits per heavy atom. The second kappa shape index (κ2) is 9.89. The van der Waals surface area contributed by atoms with Gasteiger partial charge in [0.15, 0.2) is 5.96 Å². The third-order valence-electron chi connectivity index (χ3n) is 5.18. The number of hydrogen-bond acceptors (Lipinski definition) is 4. The fourth-order valence-electron chi connectivity index (χ4n) is 3.49. The van der Waals surface area contributed by atoms with Crippen LogP contribution in [0.25, 0.3) is 0 Å². The van der Waals surface area contributed by atoms with Gasteiger partial charge in [0, 0.05) is 44.9 Å². The Bertz CT molecular complexity index is 669. The Morgan fingerprint density at radius 2 is 1.96 bits per heavy atom. The van der Waals surface area contributed by atoms with E-state index in [0.29, 0.717) is 13.2 Å². The molecular weight excluding hydrogens is 356 g/mol. The average molecular weight is 389 g/mol. The number of aliphatic imine (C=N–C) groups is 1. The SMILES string of the molecule is CN=C(NCc1ccc(NC(=O)C(C)C)cc1)N1CCOC(C2CCCO2)C1. The molecule has 2 aliphatic heterocycles. The molecule has 7 heteroatoms. The molecule has 2 saturated heterocycles. The number of carbonyl (C=O) groups excluding carboxylic acids is 1. The standard InChI is InChI=1S/C21H32N4O3/c1-15(2)20(26)24-17-8-6-16(7-9-17)13-23-21(22-3)25-10-12-28-19(14-25)18-5-4-11-27-18/h6-9,15,18-19H,4-5,10-14H2,1-3H3,(H,22,23)(H,24,26). The number of nitrogens with one attached hydrogen (secondary N) is 2. The van der Waals surface area contributed by atoms with Crippen LogP contribution in [0.1, 0.15) is 32.3 Å². The molecule has 0 bridgehead atoms. The molecule has 7 nitrogen and oxygen atoms in total. The fourth-order valence-corrected chi connectivity index (χ4v) is 3.49. The molecule has 2 aliphatic rings. The third-order valence-corrected chi connectivity index (χ3v) is 5.18. The molecule has 2 atom stereocenters. The number of amides is 1. The van der Waals surface area contributed by atoms with E-state index in [0.717, 1.165) is 49.7 Å². The van der Waals surface area contributed by atoms with Gasteiger partial charge in [-0.3, -0.25) is 9.79 Å². The lowest BCUT2D eigenvalue weighted by Gasteiger charge is -2.37. The van der Waals surface area contributed by atoms with E-state index in [1.807, 2.05) is 45.2 Å². The molecule has 2 unspecified atom stereocenters. The normalized spacial score (nSPS) is 23.1. The zero-order valence-corrected chi connectivity index (χ0v) is 17.1. The number of guanidine groups is 1. The summed E-state index contributed by atoms with van der Waals surface area (Å²) in [5.74, 6) is 0.875. The predicted octanol–water partition coefficient (Wildman–Crippen LogP) is 2.24. The summed E-state index contributed by atoms with van der Waals surface area (Å²) in [6.45, 7) is 7.59. The Kier molecular flexibility index (Phi) is 7.28. The van der Waals surface area contributed by atoms with Gasteiger partial charge in [-0.15, -0.1) is 0 Å². The first kappa shape index (κ1) is 20.6. The highest BCUT2D eigenvalue weighted by atomic mass is 16.5. The molecule has 0 spiro atoms. The number of morpholine rings is 1. The molecule has 2 N–H and O–H groups in total. The molecule has 154 valence electrons. The lowest BCUT2D eigenvalue weighted by molar-refractivity contribution is -0.118. The van der Waals surface area contributed by atoms with Gasteiger partial charge in [-0.05, 0) is 30.5 Å². The van der Waals surface area contributed by atoms with E-state index in [-0.39, 0.29) is 24.0 Å². The number of anilines is 1. The van der Waals surface area contributed by atoms with Crippen LogP contribution in [0, 0.1) is 5.92 Å². The minimum atomic E-state index is -0.0309. The third kappa shape index (κ3) is 5.45. The van der Waals surface area contributed by atoms with Crippen LogP contribution < -0.4 is 10.6 Å². The first-order valence-corrected chi connectivity index (χ1v) is 10.2. The quantitative estimate of drug-likeness (QED) is 0.598. The summed E-state index contributed by atoms with van der Waals surface area (Å²) in [5, 5.41) is 6.35. The predicted molar refractivity (Wildman–Crippen MR) is 110 cm³/mol. The van der Waals surface area contributed by atoms with Crippen LogP contribution in [-0.2, 0) is 20.8 Å². The summed E-state index contributed by atoms with van der Waals surface area (Å²) in [5.41, 5.74) is 1.95. The fraction of sp³-hybridized carbons (Fsp3) is 0.619. The summed E-state index contributed by atoms with van der Waals surface area (Å²) in [7, 11) is 1.81. The summed E-state index contributed by atoms with van der Waals surface area (Å²) < 4.78 is 11.7. The van der Waals surface area contributed by atoms with Crippen molar-refractivity contribution in [2.75, 3.05) is 38.7 Å². The summed E-state index contributed by atoms with van der Waals surface area (Å²) in [6.07, 6.45) is 2.50. The average Bonchev–Trinajstić information content (AvgIpc) is 3.25. The van der Waals surface area contributed by atoms with Gasteiger partial charge in [-0.1, -0.05) is 26.0 Å². The minimum Gasteiger partial charge on any atom is -0.375 e. The zero-order chi connectivity index (χ0) is 19.9. The molecule has 1 aromatic rings. The van der Waals surface area contributed by atoms with Gasteiger partial charge >= 0.3 is 0 Å². The van der Waals surface area contributed by atoms with Crippen LogP contribution in [0.15, 0.2) is 29.3 Å². The number of ether oxygens (including phenoxy) is 2. The molecule has 0 radical (unpaired) electrons. The van der Waals surface area contributed by atoms with E-state index < -0.39 is 0 Å². The van der Waals surface area contributed by atoms with E-state index in [4.69, 9.17) is 9.47 Å². The number of rotatable bonds is 5. The molecule has 2 heterocycles. The zero-order valence-electron chi connectivity index (χ0n) is 17.1. The molecule has 0 aliphatic carbocycles. The smallest absolute Gasteiger partial charge is 0.226 e. The van der Waals surface area contributed by atoms with Crippen LogP contribution in [0.2, 0.25) is 0 Å². The lowest BCUT2D eigenvalue weighted by Crippen LogP contribution is -2.53. The monoisotopic (exact) mass is 388 g/mol. The van der Waals surface area contributed by atoms with Gasteiger partial charge in [-0.25, -0.2) is 0 Å². The summed E-state index contributed by atoms with van der Waals surface area (Å²) in [6, 6.07) is 7.90. The Hall–Kier alpha value is -2.12. The molecular formula is C21H32N4O3. The molecule has 0 aromatic heterocycles. The van der Waals surface area contributed by atoms with Gasteiger partial charge < -0.3 is 25.0 Å². The summed E-state index contributed by atoms with van der Waals surface area (Å²) in [4.78, 5) is 18.5. The number of nitrogens with zero attached hydrogens (tertiary/aromatic N) is 2. The maximum atomic E-state index is 11.8. The van der Waals surface area contributed by atoms with E-state index in [1.165, 1.54) is 0 Å². The highest BCUT2D eigenvalue weighted by Crippen LogP contribution is 2.21. The largest absolute Gasteiger partial charge is 0.375 e. The van der Waals surface area contributed by atoms with Gasteiger partial charge in [0.05, 0.1) is 12.7 Å². The van der Waals surface area contributed by atoms with Crippen molar-refractivity contribution in [3.63, 3.8) is 0 Å². The highest BCUT2D eigenvalue weighted by molar-refractivity contribution is 5.92. The van der Waals surface area contributed by atoms with Crippen LogP contribution in [-0.4, -0.2) is 62.3 Å². The van der Waals surface area contributed by atoms with E-state index in [9.17, 15) is 4.79 Å². The van der Waals surface area contributed by atoms with Crippen molar-refractivity contribution in [1.82, 2.24) is 10.2 Å². The van der Waals surface area contributed by atoms with Crippen LogP contribution >= 0.6 is 0 Å². The van der Waals surface area contributed by atoms with Gasteiger partial charge in [0.25, 0.3) is 0 Å². The molecule has 28 heavy (non-hydrogen) atoms. The second-order valence-electron chi connectivity index (χ2n) is 7.65. The van der Waals surface area contributed by atoms with Crippen molar-refractivity contribution in [2.45, 2.75) is 45.4 Å². The van der Waals surface area contributed by atoms with E-state index in [1.54, 1.807) is 0 Å². The topological polar surface area (TPSA) is 75.2 Å². The number of benzene rings is 1. The highest BCUT2D eigenvalue weighted by Gasteiger charge is 2.32. The van der Waals surface area contributed by atoms with Crippen LogP contribution in [0.5, 0.6) is 0 Å². The lowest BCUT2D eigenvalue weighted by atomic mass is 10.1. The Balaban J connectivity index is 1.51. The van der Waals surface area contributed by atoms with E-state index >= 15 is 0 Å². The molecule has 2 fully saturated rings. The van der Waals surface area contributed by atoms with Crippen molar-refractivity contribution in [3.8, 4) is 0 Å². The van der Waals surface area contributed by atoms with Crippen molar-refractivity contribution < 1.29 is 14.3 Å². The molecule has 0 saturated carbocycles. The van der Waals surface area contributed by atoms with E-state index in [2.05, 4.69) is 20.5 Å². The Morgan fingerprint density at radius 3 is 2.61 bits per heavy atom. The van der Waals surface area contributed by atoms with Crippen LogP contribution in [0.4, 0.5) is 5.69 Å². The van der Waals surface area contributed by atoms with Gasteiger partial charge in [0.2, 0.25) is 5.91 Å². The van der Waals surface area contributed by atoms with Crippen molar-refractivity contribution >= 4 is 17.6 Å². The molecule has 3 rings (SSSR count). The Labute approximate surface area is 167 Å². The van der Waals surface area contributed by atoms with Crippen LogP contribution in [0.3, 0.4) is 0 Å². The first-order chi connectivity index (χ1) is 13.6. The second-order valence-corrected chi connectivity index (χ2v) is 7.65. The van der Waals surface area contributed by atoms with Crippen molar-refractivity contribution in [1.29, 1.82) is 0 Å². The number of hydrogen-bond donors (Lipinski definition) is 2. The summed E-state index contributed by atoms with van der Waals surface area (Å²) >= 11 is 0. The molecule has 1 aromatic carbocycles. The first-order valence-electron chi connectivity index (χ1n) is 10.2. The molecule has 1 amide bonds. The van der Waals surface area contributed by atoms with Gasteiger partial charge in [0.1, 0.15) is 6.10 Å². The maximum absolute atomic E-state index is 11.8. The van der Waals surface area contributed by atoms with Crippen molar-refractivity contribution in [3.05, 3.63) is 29.8 Å². The van der Waals surface area contributed by atoms with Crippen molar-refractivity contribution in [2.24, 2.45) is 10.9 Å². The minimum absolute atomic E-state index is 0.0272.